The molecule has 0 unspecified atom stereocenters. The Labute approximate surface area is 123 Å². The molecule has 4 heteroatoms. The Balaban J connectivity index is 3.98. The lowest BCUT2D eigenvalue weighted by molar-refractivity contribution is -0.127. The van der Waals surface area contributed by atoms with Gasteiger partial charge in [-0.2, -0.15) is 0 Å². The van der Waals surface area contributed by atoms with Gasteiger partial charge in [-0.1, -0.05) is 65.1 Å². The molecule has 0 saturated heterocycles. The first-order valence-corrected chi connectivity index (χ1v) is 8.04. The van der Waals surface area contributed by atoms with Crippen LogP contribution in [0, 0.1) is 5.41 Å². The van der Waals surface area contributed by atoms with Gasteiger partial charge in [0.15, 0.2) is 0 Å². The van der Waals surface area contributed by atoms with E-state index in [2.05, 4.69) is 12.2 Å². The average molecular weight is 286 g/mol. The van der Waals surface area contributed by atoms with E-state index in [0.29, 0.717) is 17.8 Å². The third kappa shape index (κ3) is 5.89. The predicted octanol–water partition coefficient (Wildman–Crippen LogP) is 3.56. The van der Waals surface area contributed by atoms with Gasteiger partial charge in [0.05, 0.1) is 10.4 Å². The lowest BCUT2D eigenvalue weighted by Gasteiger charge is -2.28. The maximum Gasteiger partial charge on any atom is 0.233 e. The normalized spacial score (nSPS) is 11.3. The lowest BCUT2D eigenvalue weighted by atomic mass is 9.81. The van der Waals surface area contributed by atoms with Crippen molar-refractivity contribution >= 4 is 23.1 Å². The summed E-state index contributed by atoms with van der Waals surface area (Å²) in [6.45, 7) is 6.88. The summed E-state index contributed by atoms with van der Waals surface area (Å²) < 4.78 is 0. The van der Waals surface area contributed by atoms with Crippen molar-refractivity contribution in [2.45, 2.75) is 72.1 Å². The summed E-state index contributed by atoms with van der Waals surface area (Å²) in [5.41, 5.74) is 5.09. The van der Waals surface area contributed by atoms with Crippen LogP contribution >= 0.6 is 12.2 Å². The van der Waals surface area contributed by atoms with Gasteiger partial charge in [0, 0.05) is 6.54 Å². The number of rotatable bonds is 11. The van der Waals surface area contributed by atoms with E-state index in [0.717, 1.165) is 13.0 Å². The number of hydrogen-bond acceptors (Lipinski definition) is 2. The minimum Gasteiger partial charge on any atom is -0.392 e. The first-order chi connectivity index (χ1) is 9.05. The predicted molar refractivity (Wildman–Crippen MR) is 86.2 cm³/mol. The van der Waals surface area contributed by atoms with Gasteiger partial charge in [-0.3, -0.25) is 4.79 Å². The fraction of sp³-hybridized carbons (Fsp3) is 0.867. The molecule has 0 radical (unpaired) electrons. The third-order valence-corrected chi connectivity index (χ3v) is 4.32. The van der Waals surface area contributed by atoms with Crippen LogP contribution in [-0.4, -0.2) is 17.4 Å². The van der Waals surface area contributed by atoms with Crippen LogP contribution in [0.25, 0.3) is 0 Å². The Morgan fingerprint density at radius 2 is 1.58 bits per heavy atom. The van der Waals surface area contributed by atoms with Crippen molar-refractivity contribution in [3.05, 3.63) is 0 Å². The largest absolute Gasteiger partial charge is 0.392 e. The molecule has 1 amide bonds. The first-order valence-electron chi connectivity index (χ1n) is 7.63. The Morgan fingerprint density at radius 1 is 1.05 bits per heavy atom. The van der Waals surface area contributed by atoms with Gasteiger partial charge in [-0.15, -0.1) is 0 Å². The smallest absolute Gasteiger partial charge is 0.233 e. The summed E-state index contributed by atoms with van der Waals surface area (Å²) in [5.74, 6) is -0.00134. The zero-order chi connectivity index (χ0) is 14.7. The molecule has 112 valence electrons. The zero-order valence-corrected chi connectivity index (χ0v) is 13.6. The number of carbonyl (C=O) groups excluding carboxylic acids is 1. The zero-order valence-electron chi connectivity index (χ0n) is 12.8. The Morgan fingerprint density at radius 3 is 2.05 bits per heavy atom. The number of unbranched alkanes of at least 4 members (excludes halogenated alkanes) is 5. The molecule has 19 heavy (non-hydrogen) atoms. The fourth-order valence-electron chi connectivity index (χ4n) is 2.31. The highest BCUT2D eigenvalue weighted by Gasteiger charge is 2.37. The number of carbonyl (C=O) groups is 1. The van der Waals surface area contributed by atoms with Gasteiger partial charge < -0.3 is 11.1 Å². The van der Waals surface area contributed by atoms with Crippen molar-refractivity contribution < 1.29 is 4.79 Å². The molecule has 0 fully saturated rings. The number of thiocarbonyl (C=S) groups is 1. The van der Waals surface area contributed by atoms with E-state index in [1.807, 2.05) is 13.8 Å². The van der Waals surface area contributed by atoms with E-state index in [1.54, 1.807) is 0 Å². The molecule has 0 aliphatic heterocycles. The molecule has 0 bridgehead atoms. The minimum atomic E-state index is -0.655. The molecule has 0 heterocycles. The van der Waals surface area contributed by atoms with Gasteiger partial charge in [-0.25, -0.2) is 0 Å². The van der Waals surface area contributed by atoms with Crippen LogP contribution in [0.1, 0.15) is 72.1 Å². The molecule has 0 saturated carbocycles. The van der Waals surface area contributed by atoms with Crippen molar-refractivity contribution in [3.63, 3.8) is 0 Å². The Hall–Kier alpha value is -0.640. The molecule has 0 atom stereocenters. The van der Waals surface area contributed by atoms with E-state index >= 15 is 0 Å². The van der Waals surface area contributed by atoms with Crippen LogP contribution in [0.3, 0.4) is 0 Å². The van der Waals surface area contributed by atoms with Gasteiger partial charge in [-0.05, 0) is 19.3 Å². The molecule has 0 aromatic carbocycles. The van der Waals surface area contributed by atoms with Crippen molar-refractivity contribution in [1.82, 2.24) is 5.32 Å². The molecule has 3 nitrogen and oxygen atoms in total. The highest BCUT2D eigenvalue weighted by molar-refractivity contribution is 7.80. The maximum atomic E-state index is 12.2. The van der Waals surface area contributed by atoms with Gasteiger partial charge in [0.1, 0.15) is 0 Å². The van der Waals surface area contributed by atoms with E-state index in [-0.39, 0.29) is 5.91 Å². The van der Waals surface area contributed by atoms with E-state index in [4.69, 9.17) is 18.0 Å². The topological polar surface area (TPSA) is 55.1 Å². The average Bonchev–Trinajstić information content (AvgIpc) is 2.39. The number of nitrogens with one attached hydrogen (secondary N) is 1. The van der Waals surface area contributed by atoms with Crippen molar-refractivity contribution in [3.8, 4) is 0 Å². The molecule has 0 spiro atoms. The van der Waals surface area contributed by atoms with Gasteiger partial charge >= 0.3 is 0 Å². The second-order valence-electron chi connectivity index (χ2n) is 5.18. The van der Waals surface area contributed by atoms with Crippen LogP contribution in [0.5, 0.6) is 0 Å². The van der Waals surface area contributed by atoms with Crippen molar-refractivity contribution in [2.24, 2.45) is 11.1 Å². The molecule has 0 rings (SSSR count). The Kier molecular flexibility index (Phi) is 9.84. The number of nitrogens with two attached hydrogens (primary N) is 1. The maximum absolute atomic E-state index is 12.2. The van der Waals surface area contributed by atoms with Crippen molar-refractivity contribution in [1.29, 1.82) is 0 Å². The summed E-state index contributed by atoms with van der Waals surface area (Å²) in [6, 6.07) is 0. The van der Waals surface area contributed by atoms with Gasteiger partial charge in [0.25, 0.3) is 0 Å². The summed E-state index contributed by atoms with van der Waals surface area (Å²) in [6.07, 6.45) is 8.68. The summed E-state index contributed by atoms with van der Waals surface area (Å²) >= 11 is 5.07. The monoisotopic (exact) mass is 286 g/mol. The number of amides is 1. The molecule has 3 N–H and O–H groups in total. The van der Waals surface area contributed by atoms with Crippen LogP contribution < -0.4 is 11.1 Å². The quantitative estimate of drug-likeness (QED) is 0.451. The number of hydrogen-bond donors (Lipinski definition) is 2. The van der Waals surface area contributed by atoms with E-state index in [9.17, 15) is 4.79 Å². The van der Waals surface area contributed by atoms with Crippen LogP contribution in [0.2, 0.25) is 0 Å². The summed E-state index contributed by atoms with van der Waals surface area (Å²) in [5, 5.41) is 2.99. The molecule has 0 aliphatic rings. The molecular weight excluding hydrogens is 256 g/mol. The van der Waals surface area contributed by atoms with Crippen LogP contribution in [0.4, 0.5) is 0 Å². The molecule has 0 aromatic rings. The summed E-state index contributed by atoms with van der Waals surface area (Å²) in [4.78, 5) is 12.5. The molecular formula is C15H30N2OS. The fourth-order valence-corrected chi connectivity index (χ4v) is 2.69. The second kappa shape index (κ2) is 10.2. The SMILES string of the molecule is CCCCCCCCNC(=O)C(CC)(CC)C(N)=S. The summed E-state index contributed by atoms with van der Waals surface area (Å²) in [7, 11) is 0. The van der Waals surface area contributed by atoms with Crippen LogP contribution in [0.15, 0.2) is 0 Å². The standard InChI is InChI=1S/C15H30N2OS/c1-4-7-8-9-10-11-12-17-14(18)15(5-2,6-3)13(16)19/h4-12H2,1-3H3,(H2,16,19)(H,17,18). The van der Waals surface area contributed by atoms with Crippen molar-refractivity contribution in [2.75, 3.05) is 6.54 Å². The third-order valence-electron chi connectivity index (χ3n) is 3.93. The second-order valence-corrected chi connectivity index (χ2v) is 5.62. The highest BCUT2D eigenvalue weighted by atomic mass is 32.1. The first kappa shape index (κ1) is 18.4. The lowest BCUT2D eigenvalue weighted by Crippen LogP contribution is -2.48. The molecule has 0 aliphatic carbocycles. The highest BCUT2D eigenvalue weighted by Crippen LogP contribution is 2.27. The van der Waals surface area contributed by atoms with Gasteiger partial charge in [0.2, 0.25) is 5.91 Å². The minimum absolute atomic E-state index is 0.00134. The Bertz CT molecular complexity index is 275. The molecule has 0 aromatic heterocycles. The van der Waals surface area contributed by atoms with E-state index < -0.39 is 5.41 Å². The van der Waals surface area contributed by atoms with Crippen LogP contribution in [-0.2, 0) is 4.79 Å². The van der Waals surface area contributed by atoms with E-state index in [1.165, 1.54) is 32.1 Å².